The molecule has 1 aromatic heterocycles. The molecule has 0 amide bonds. The van der Waals surface area contributed by atoms with Crippen LogP contribution in [0.1, 0.15) is 36.3 Å². The van der Waals surface area contributed by atoms with Crippen LogP contribution >= 0.6 is 0 Å². The Morgan fingerprint density at radius 3 is 2.71 bits per heavy atom. The van der Waals surface area contributed by atoms with Gasteiger partial charge in [0, 0.05) is 25.1 Å². The summed E-state index contributed by atoms with van der Waals surface area (Å²) in [6.07, 6.45) is 2.70. The van der Waals surface area contributed by atoms with Gasteiger partial charge in [0.1, 0.15) is 23.8 Å². The van der Waals surface area contributed by atoms with Crippen LogP contribution in [0.25, 0.3) is 0 Å². The van der Waals surface area contributed by atoms with Gasteiger partial charge in [-0.1, -0.05) is 13.0 Å². The third kappa shape index (κ3) is 3.44. The number of aromatic nitrogens is 3. The predicted molar refractivity (Wildman–Crippen MR) is 76.8 cm³/mol. The summed E-state index contributed by atoms with van der Waals surface area (Å²) in [5, 5.41) is 7.20. The van der Waals surface area contributed by atoms with Crippen LogP contribution in [0, 0.1) is 18.6 Å². The average molecular weight is 294 g/mol. The number of hydrogen-bond acceptors (Lipinski definition) is 3. The molecule has 0 saturated carbocycles. The zero-order valence-corrected chi connectivity index (χ0v) is 12.5. The van der Waals surface area contributed by atoms with Gasteiger partial charge in [-0.25, -0.2) is 13.8 Å². The zero-order valence-electron chi connectivity index (χ0n) is 12.5. The number of rotatable bonds is 6. The van der Waals surface area contributed by atoms with E-state index in [4.69, 9.17) is 0 Å². The number of aryl methyl sites for hydroxylation is 2. The van der Waals surface area contributed by atoms with Crippen molar-refractivity contribution in [2.24, 2.45) is 7.05 Å². The molecular formula is C15H20F2N4. The minimum atomic E-state index is -0.533. The van der Waals surface area contributed by atoms with Gasteiger partial charge >= 0.3 is 0 Å². The number of benzene rings is 1. The van der Waals surface area contributed by atoms with Crippen molar-refractivity contribution in [2.75, 3.05) is 6.54 Å². The van der Waals surface area contributed by atoms with Gasteiger partial charge in [-0.15, -0.1) is 0 Å². The second-order valence-corrected chi connectivity index (χ2v) is 5.10. The van der Waals surface area contributed by atoms with Crippen molar-refractivity contribution in [1.29, 1.82) is 0 Å². The van der Waals surface area contributed by atoms with Gasteiger partial charge in [-0.3, -0.25) is 4.68 Å². The molecule has 0 fully saturated rings. The molecule has 1 unspecified atom stereocenters. The van der Waals surface area contributed by atoms with Crippen molar-refractivity contribution in [3.05, 3.63) is 47.0 Å². The van der Waals surface area contributed by atoms with Gasteiger partial charge in [0.05, 0.1) is 0 Å². The molecule has 1 N–H and O–H groups in total. The molecule has 2 rings (SSSR count). The molecule has 1 aromatic carbocycles. The van der Waals surface area contributed by atoms with E-state index >= 15 is 0 Å². The Kier molecular flexibility index (Phi) is 5.01. The van der Waals surface area contributed by atoms with Crippen LogP contribution in [0.5, 0.6) is 0 Å². The highest BCUT2D eigenvalue weighted by atomic mass is 19.1. The van der Waals surface area contributed by atoms with Crippen LogP contribution in [-0.2, 0) is 13.5 Å². The van der Waals surface area contributed by atoms with Crippen LogP contribution < -0.4 is 5.32 Å². The summed E-state index contributed by atoms with van der Waals surface area (Å²) in [5.74, 6) is -0.344. The first kappa shape index (κ1) is 15.6. The lowest BCUT2D eigenvalue weighted by molar-refractivity contribution is 0.451. The second-order valence-electron chi connectivity index (χ2n) is 5.10. The first-order valence-corrected chi connectivity index (χ1v) is 7.05. The number of hydrogen-bond donors (Lipinski definition) is 1. The smallest absolute Gasteiger partial charge is 0.138 e. The molecule has 1 heterocycles. The SMILES string of the molecule is CCCNC(Cc1ncnn1C)c1c(F)ccc(C)c1F. The molecular weight excluding hydrogens is 274 g/mol. The van der Waals surface area contributed by atoms with Crippen LogP contribution in [0.4, 0.5) is 8.78 Å². The monoisotopic (exact) mass is 294 g/mol. The van der Waals surface area contributed by atoms with Crippen molar-refractivity contribution in [3.63, 3.8) is 0 Å². The van der Waals surface area contributed by atoms with E-state index in [1.54, 1.807) is 18.7 Å². The Morgan fingerprint density at radius 2 is 2.10 bits per heavy atom. The van der Waals surface area contributed by atoms with E-state index in [1.165, 1.54) is 18.5 Å². The molecule has 0 bridgehead atoms. The fourth-order valence-electron chi connectivity index (χ4n) is 2.28. The van der Waals surface area contributed by atoms with Crippen molar-refractivity contribution < 1.29 is 8.78 Å². The number of nitrogens with zero attached hydrogens (tertiary/aromatic N) is 3. The molecule has 0 spiro atoms. The van der Waals surface area contributed by atoms with Gasteiger partial charge in [0.2, 0.25) is 0 Å². The summed E-state index contributed by atoms with van der Waals surface area (Å²) >= 11 is 0. The molecule has 0 saturated heterocycles. The van der Waals surface area contributed by atoms with E-state index in [9.17, 15) is 8.78 Å². The van der Waals surface area contributed by atoms with Gasteiger partial charge < -0.3 is 5.32 Å². The average Bonchev–Trinajstić information content (AvgIpc) is 2.86. The predicted octanol–water partition coefficient (Wildman–Crippen LogP) is 2.69. The fourth-order valence-corrected chi connectivity index (χ4v) is 2.28. The molecule has 21 heavy (non-hydrogen) atoms. The minimum absolute atomic E-state index is 0.0754. The maximum atomic E-state index is 14.3. The third-order valence-corrected chi connectivity index (χ3v) is 3.50. The summed E-state index contributed by atoms with van der Waals surface area (Å²) < 4.78 is 30.1. The summed E-state index contributed by atoms with van der Waals surface area (Å²) in [5.41, 5.74) is 0.513. The van der Waals surface area contributed by atoms with Crippen LogP contribution in [-0.4, -0.2) is 21.3 Å². The zero-order chi connectivity index (χ0) is 15.4. The fraction of sp³-hybridized carbons (Fsp3) is 0.467. The molecule has 0 aliphatic rings. The Bertz CT molecular complexity index is 610. The van der Waals surface area contributed by atoms with E-state index in [1.807, 2.05) is 6.92 Å². The number of halogens is 2. The standard InChI is InChI=1S/C15H20F2N4/c1-4-7-18-12(8-13-19-9-20-21(13)3)14-11(16)6-5-10(2)15(14)17/h5-6,9,12,18H,4,7-8H2,1-3H3. The van der Waals surface area contributed by atoms with Gasteiger partial charge in [-0.2, -0.15) is 5.10 Å². The molecule has 0 aliphatic carbocycles. The Balaban J connectivity index is 2.36. The van der Waals surface area contributed by atoms with E-state index in [2.05, 4.69) is 15.4 Å². The molecule has 2 aromatic rings. The Morgan fingerprint density at radius 1 is 1.33 bits per heavy atom. The maximum Gasteiger partial charge on any atom is 0.138 e. The summed E-state index contributed by atoms with van der Waals surface area (Å²) in [4.78, 5) is 4.14. The third-order valence-electron chi connectivity index (χ3n) is 3.50. The summed E-state index contributed by atoms with van der Waals surface area (Å²) in [7, 11) is 1.77. The highest BCUT2D eigenvalue weighted by molar-refractivity contribution is 5.30. The van der Waals surface area contributed by atoms with Crippen molar-refractivity contribution in [1.82, 2.24) is 20.1 Å². The Hall–Kier alpha value is -1.82. The molecule has 6 heteroatoms. The quantitative estimate of drug-likeness (QED) is 0.890. The first-order chi connectivity index (χ1) is 10.0. The van der Waals surface area contributed by atoms with Crippen molar-refractivity contribution in [3.8, 4) is 0 Å². The highest BCUT2D eigenvalue weighted by Crippen LogP contribution is 2.25. The van der Waals surface area contributed by atoms with E-state index in [0.29, 0.717) is 24.4 Å². The molecule has 4 nitrogen and oxygen atoms in total. The van der Waals surface area contributed by atoms with E-state index in [0.717, 1.165) is 6.42 Å². The van der Waals surface area contributed by atoms with Gasteiger partial charge in [0.25, 0.3) is 0 Å². The molecule has 0 radical (unpaired) electrons. The van der Waals surface area contributed by atoms with Gasteiger partial charge in [0.15, 0.2) is 0 Å². The normalized spacial score (nSPS) is 12.6. The van der Waals surface area contributed by atoms with E-state index in [-0.39, 0.29) is 5.56 Å². The van der Waals surface area contributed by atoms with E-state index < -0.39 is 17.7 Å². The minimum Gasteiger partial charge on any atom is -0.309 e. The lowest BCUT2D eigenvalue weighted by Gasteiger charge is -2.20. The lowest BCUT2D eigenvalue weighted by Crippen LogP contribution is -2.27. The second kappa shape index (κ2) is 6.76. The van der Waals surface area contributed by atoms with Crippen LogP contribution in [0.3, 0.4) is 0 Å². The maximum absolute atomic E-state index is 14.3. The molecule has 114 valence electrons. The van der Waals surface area contributed by atoms with Crippen LogP contribution in [0.2, 0.25) is 0 Å². The largest absolute Gasteiger partial charge is 0.309 e. The van der Waals surface area contributed by atoms with Crippen molar-refractivity contribution >= 4 is 0 Å². The summed E-state index contributed by atoms with van der Waals surface area (Å²) in [6.45, 7) is 4.32. The highest BCUT2D eigenvalue weighted by Gasteiger charge is 2.23. The van der Waals surface area contributed by atoms with Crippen LogP contribution in [0.15, 0.2) is 18.5 Å². The van der Waals surface area contributed by atoms with Crippen molar-refractivity contribution in [2.45, 2.75) is 32.7 Å². The molecule has 1 atom stereocenters. The molecule has 0 aliphatic heterocycles. The lowest BCUT2D eigenvalue weighted by atomic mass is 9.99. The van der Waals surface area contributed by atoms with Gasteiger partial charge in [-0.05, 0) is 31.5 Å². The number of nitrogens with one attached hydrogen (secondary N) is 1. The first-order valence-electron chi connectivity index (χ1n) is 7.05. The Labute approximate surface area is 123 Å². The topological polar surface area (TPSA) is 42.7 Å². The summed E-state index contributed by atoms with van der Waals surface area (Å²) in [6, 6.07) is 2.30.